The first-order valence-electron chi connectivity index (χ1n) is 13.1. The number of aliphatic hydroxyl groups is 1. The minimum atomic E-state index is -0.751. The summed E-state index contributed by atoms with van der Waals surface area (Å²) in [5.74, 6) is -1.87. The van der Waals surface area contributed by atoms with Crippen LogP contribution >= 0.6 is 11.8 Å². The Hall–Kier alpha value is -2.32. The molecule has 2 amide bonds. The standard InChI is InChI=1S/C28H38N2O5S/c1-5-15-29(16-19-11-9-8-10-12-19)26(33)24-28-14-13-21(36-28)22(27(34)35-7-3)23(28)25(32)30(24)20(17-31)18(4)6-2/h5,8-12,18,20-24,31H,1,6-7,13-17H2,2-4H3/t18-,20-,21-,22+,23-,24?,28?/m0/s1. The van der Waals surface area contributed by atoms with Crippen molar-refractivity contribution < 1.29 is 24.2 Å². The lowest BCUT2D eigenvalue weighted by atomic mass is 9.71. The van der Waals surface area contributed by atoms with Crippen LogP contribution < -0.4 is 0 Å². The van der Waals surface area contributed by atoms with Gasteiger partial charge in [-0.1, -0.05) is 56.7 Å². The van der Waals surface area contributed by atoms with E-state index in [9.17, 15) is 19.5 Å². The second kappa shape index (κ2) is 11.0. The number of carbonyl (C=O) groups is 3. The maximum Gasteiger partial charge on any atom is 0.310 e. The number of benzene rings is 1. The molecular formula is C28H38N2O5S. The fourth-order valence-corrected chi connectivity index (χ4v) is 8.60. The van der Waals surface area contributed by atoms with Crippen LogP contribution in [0, 0.1) is 17.8 Å². The Morgan fingerprint density at radius 2 is 2.06 bits per heavy atom. The van der Waals surface area contributed by atoms with Gasteiger partial charge in [-0.25, -0.2) is 0 Å². The van der Waals surface area contributed by atoms with E-state index in [1.54, 1.807) is 34.6 Å². The molecule has 0 saturated carbocycles. The fourth-order valence-electron chi connectivity index (χ4n) is 6.41. The van der Waals surface area contributed by atoms with E-state index in [2.05, 4.69) is 6.58 Å². The van der Waals surface area contributed by atoms with Crippen molar-refractivity contribution in [2.24, 2.45) is 17.8 Å². The molecule has 196 valence electrons. The largest absolute Gasteiger partial charge is 0.466 e. The summed E-state index contributed by atoms with van der Waals surface area (Å²) in [6.45, 7) is 10.4. The van der Waals surface area contributed by atoms with Crippen molar-refractivity contribution in [1.82, 2.24) is 9.80 Å². The zero-order valence-electron chi connectivity index (χ0n) is 21.5. The fraction of sp³-hybridized carbons (Fsp3) is 0.607. The van der Waals surface area contributed by atoms with Gasteiger partial charge in [0, 0.05) is 18.3 Å². The highest BCUT2D eigenvalue weighted by molar-refractivity contribution is 8.02. The van der Waals surface area contributed by atoms with E-state index in [1.165, 1.54) is 0 Å². The number of nitrogens with zero attached hydrogens (tertiary/aromatic N) is 2. The molecule has 0 radical (unpaired) electrons. The quantitative estimate of drug-likeness (QED) is 0.360. The van der Waals surface area contributed by atoms with E-state index >= 15 is 0 Å². The Balaban J connectivity index is 1.78. The molecule has 36 heavy (non-hydrogen) atoms. The summed E-state index contributed by atoms with van der Waals surface area (Å²) in [5.41, 5.74) is 0.992. The van der Waals surface area contributed by atoms with Crippen molar-refractivity contribution in [2.45, 2.75) is 68.7 Å². The zero-order valence-corrected chi connectivity index (χ0v) is 22.3. The van der Waals surface area contributed by atoms with Gasteiger partial charge in [0.2, 0.25) is 11.8 Å². The molecule has 8 heteroatoms. The molecule has 1 aromatic carbocycles. The third-order valence-corrected chi connectivity index (χ3v) is 10.2. The van der Waals surface area contributed by atoms with Crippen LogP contribution in [-0.4, -0.2) is 74.5 Å². The van der Waals surface area contributed by atoms with Crippen LogP contribution in [-0.2, 0) is 25.7 Å². The Morgan fingerprint density at radius 3 is 2.67 bits per heavy atom. The number of carbonyl (C=O) groups excluding carboxylic acids is 3. The normalized spacial score (nSPS) is 30.1. The van der Waals surface area contributed by atoms with E-state index in [1.807, 2.05) is 44.2 Å². The molecule has 1 aromatic rings. The van der Waals surface area contributed by atoms with Crippen LogP contribution in [0.15, 0.2) is 43.0 Å². The number of hydrogen-bond donors (Lipinski definition) is 1. The van der Waals surface area contributed by atoms with E-state index < -0.39 is 28.7 Å². The second-order valence-corrected chi connectivity index (χ2v) is 11.8. The van der Waals surface area contributed by atoms with Crippen molar-refractivity contribution in [3.8, 4) is 0 Å². The molecule has 4 rings (SSSR count). The van der Waals surface area contributed by atoms with Crippen molar-refractivity contribution in [3.05, 3.63) is 48.6 Å². The van der Waals surface area contributed by atoms with Crippen LogP contribution in [0.4, 0.5) is 0 Å². The molecule has 3 fully saturated rings. The summed E-state index contributed by atoms with van der Waals surface area (Å²) in [4.78, 5) is 45.0. The van der Waals surface area contributed by atoms with Crippen molar-refractivity contribution in [1.29, 1.82) is 0 Å². The molecular weight excluding hydrogens is 476 g/mol. The lowest BCUT2D eigenvalue weighted by Gasteiger charge is -2.41. The third kappa shape index (κ3) is 4.36. The van der Waals surface area contributed by atoms with Crippen LogP contribution in [0.25, 0.3) is 0 Å². The average Bonchev–Trinajstić information content (AvgIpc) is 3.52. The molecule has 1 spiro atoms. The minimum absolute atomic E-state index is 0.00491. The number of amides is 2. The Kier molecular flexibility index (Phi) is 8.15. The minimum Gasteiger partial charge on any atom is -0.466 e. The summed E-state index contributed by atoms with van der Waals surface area (Å²) in [7, 11) is 0. The predicted octanol–water partition coefficient (Wildman–Crippen LogP) is 3.26. The molecule has 3 aliphatic heterocycles. The number of likely N-dealkylation sites (tertiary alicyclic amines) is 1. The molecule has 1 N–H and O–H groups in total. The SMILES string of the molecule is C=CCN(Cc1ccccc1)C(=O)C1N([C@@H](CO)[C@@H](C)CC)C(=O)[C@@H]2[C@H](C(=O)OCC)[C@@H]3CCC12S3. The number of thioether (sulfide) groups is 1. The van der Waals surface area contributed by atoms with Gasteiger partial charge in [0.25, 0.3) is 0 Å². The van der Waals surface area contributed by atoms with Crippen LogP contribution in [0.2, 0.25) is 0 Å². The smallest absolute Gasteiger partial charge is 0.310 e. The third-order valence-electron chi connectivity index (χ3n) is 8.25. The monoisotopic (exact) mass is 514 g/mol. The van der Waals surface area contributed by atoms with Crippen LogP contribution in [0.5, 0.6) is 0 Å². The van der Waals surface area contributed by atoms with Gasteiger partial charge >= 0.3 is 5.97 Å². The number of rotatable bonds is 11. The van der Waals surface area contributed by atoms with E-state index in [0.717, 1.165) is 18.4 Å². The predicted molar refractivity (Wildman–Crippen MR) is 140 cm³/mol. The average molecular weight is 515 g/mol. The summed E-state index contributed by atoms with van der Waals surface area (Å²) in [5, 5.41) is 10.4. The number of aliphatic hydroxyl groups excluding tert-OH is 1. The summed E-state index contributed by atoms with van der Waals surface area (Å²) < 4.78 is 4.70. The summed E-state index contributed by atoms with van der Waals surface area (Å²) >= 11 is 1.63. The van der Waals surface area contributed by atoms with Gasteiger partial charge in [-0.2, -0.15) is 0 Å². The van der Waals surface area contributed by atoms with E-state index in [0.29, 0.717) is 19.5 Å². The van der Waals surface area contributed by atoms with Crippen molar-refractivity contribution in [3.63, 3.8) is 0 Å². The summed E-state index contributed by atoms with van der Waals surface area (Å²) in [6.07, 6.45) is 3.91. The molecule has 2 unspecified atom stereocenters. The maximum atomic E-state index is 14.4. The summed E-state index contributed by atoms with van der Waals surface area (Å²) in [6, 6.07) is 8.52. The molecule has 2 bridgehead atoms. The first kappa shape index (κ1) is 26.7. The first-order valence-corrected chi connectivity index (χ1v) is 13.9. The molecule has 3 heterocycles. The van der Waals surface area contributed by atoms with Gasteiger partial charge in [-0.15, -0.1) is 18.3 Å². The Bertz CT molecular complexity index is 987. The maximum absolute atomic E-state index is 14.4. The van der Waals surface area contributed by atoms with Gasteiger partial charge in [0.15, 0.2) is 0 Å². The zero-order chi connectivity index (χ0) is 26.0. The Morgan fingerprint density at radius 1 is 1.33 bits per heavy atom. The Labute approximate surface area is 218 Å². The highest BCUT2D eigenvalue weighted by Crippen LogP contribution is 2.67. The van der Waals surface area contributed by atoms with Gasteiger partial charge in [-0.05, 0) is 31.2 Å². The molecule has 0 aliphatic carbocycles. The van der Waals surface area contributed by atoms with Gasteiger partial charge in [0.1, 0.15) is 6.04 Å². The van der Waals surface area contributed by atoms with Gasteiger partial charge in [0.05, 0.1) is 35.8 Å². The lowest BCUT2D eigenvalue weighted by Crippen LogP contribution is -2.58. The lowest BCUT2D eigenvalue weighted by molar-refractivity contribution is -0.154. The second-order valence-electron chi connectivity index (χ2n) is 10.2. The molecule has 3 saturated heterocycles. The molecule has 3 aliphatic rings. The highest BCUT2D eigenvalue weighted by Gasteiger charge is 2.75. The van der Waals surface area contributed by atoms with Crippen molar-refractivity contribution >= 4 is 29.5 Å². The van der Waals surface area contributed by atoms with E-state index in [-0.39, 0.29) is 42.2 Å². The molecule has 7 atom stereocenters. The van der Waals surface area contributed by atoms with Crippen molar-refractivity contribution in [2.75, 3.05) is 19.8 Å². The van der Waals surface area contributed by atoms with Crippen LogP contribution in [0.3, 0.4) is 0 Å². The molecule has 0 aromatic heterocycles. The first-order chi connectivity index (χ1) is 17.3. The number of hydrogen-bond acceptors (Lipinski definition) is 6. The van der Waals surface area contributed by atoms with Crippen LogP contribution in [0.1, 0.15) is 45.6 Å². The van der Waals surface area contributed by atoms with E-state index in [4.69, 9.17) is 4.74 Å². The number of ether oxygens (including phenoxy) is 1. The van der Waals surface area contributed by atoms with Gasteiger partial charge < -0.3 is 19.6 Å². The number of esters is 1. The van der Waals surface area contributed by atoms with Gasteiger partial charge in [-0.3, -0.25) is 14.4 Å². The number of fused-ring (bicyclic) bond motifs is 1. The highest BCUT2D eigenvalue weighted by atomic mass is 32.2. The topological polar surface area (TPSA) is 87.2 Å². The molecule has 7 nitrogen and oxygen atoms in total.